The average molecular weight is 250 g/mol. The highest BCUT2D eigenvalue weighted by molar-refractivity contribution is 7.07. The molecule has 0 aliphatic rings. The molecule has 0 aromatic carbocycles. The Morgan fingerprint density at radius 1 is 1.47 bits per heavy atom. The van der Waals surface area contributed by atoms with Crippen molar-refractivity contribution in [3.63, 3.8) is 0 Å². The van der Waals surface area contributed by atoms with Gasteiger partial charge in [-0.25, -0.2) is 0 Å². The van der Waals surface area contributed by atoms with Crippen molar-refractivity contribution in [1.29, 1.82) is 0 Å². The lowest BCUT2D eigenvalue weighted by Crippen LogP contribution is -2.26. The summed E-state index contributed by atoms with van der Waals surface area (Å²) in [5, 5.41) is 10.5. The van der Waals surface area contributed by atoms with E-state index >= 15 is 0 Å². The molecule has 4 nitrogen and oxygen atoms in total. The molecule has 90 valence electrons. The van der Waals surface area contributed by atoms with E-state index in [-0.39, 0.29) is 5.91 Å². The van der Waals surface area contributed by atoms with Crippen molar-refractivity contribution in [2.75, 3.05) is 6.54 Å². The zero-order valence-corrected chi connectivity index (χ0v) is 10.2. The first-order valence-electron chi connectivity index (χ1n) is 5.50. The Kier molecular flexibility index (Phi) is 4.32. The van der Waals surface area contributed by atoms with Crippen LogP contribution in [0.15, 0.2) is 33.8 Å². The minimum Gasteiger partial charge on any atom is -0.364 e. The Hall–Kier alpha value is -1.62. The van der Waals surface area contributed by atoms with Crippen molar-refractivity contribution in [1.82, 2.24) is 10.5 Å². The zero-order valence-electron chi connectivity index (χ0n) is 9.39. The Bertz CT molecular complexity index is 437. The molecular formula is C12H14N2O2S. The molecule has 2 rings (SSSR count). The van der Waals surface area contributed by atoms with Crippen molar-refractivity contribution in [3.05, 3.63) is 40.4 Å². The monoisotopic (exact) mass is 250 g/mol. The minimum absolute atomic E-state index is 0.0775. The summed E-state index contributed by atoms with van der Waals surface area (Å²) in [6.07, 6.45) is 5.58. The largest absolute Gasteiger partial charge is 0.364 e. The molecule has 0 aliphatic heterocycles. The van der Waals surface area contributed by atoms with Crippen LogP contribution in [0, 0.1) is 0 Å². The highest BCUT2D eigenvalue weighted by Crippen LogP contribution is 2.06. The number of rotatable bonds is 6. The third-order valence-electron chi connectivity index (χ3n) is 2.39. The summed E-state index contributed by atoms with van der Waals surface area (Å²) in [5.74, 6) is 0.0775. The lowest BCUT2D eigenvalue weighted by atomic mass is 10.2. The molecule has 2 heterocycles. The van der Waals surface area contributed by atoms with Gasteiger partial charge in [-0.2, -0.15) is 11.3 Å². The fourth-order valence-corrected chi connectivity index (χ4v) is 2.18. The van der Waals surface area contributed by atoms with Gasteiger partial charge in [0.15, 0.2) is 0 Å². The molecule has 0 radical (unpaired) electrons. The van der Waals surface area contributed by atoms with Gasteiger partial charge in [0, 0.05) is 12.1 Å². The lowest BCUT2D eigenvalue weighted by molar-refractivity contribution is -0.120. The van der Waals surface area contributed by atoms with Crippen LogP contribution in [0.5, 0.6) is 0 Å². The third-order valence-corrected chi connectivity index (χ3v) is 3.12. The molecule has 0 bridgehead atoms. The summed E-state index contributed by atoms with van der Waals surface area (Å²) < 4.78 is 4.73. The van der Waals surface area contributed by atoms with E-state index < -0.39 is 0 Å². The van der Waals surface area contributed by atoms with Gasteiger partial charge in [-0.05, 0) is 35.2 Å². The van der Waals surface area contributed by atoms with E-state index in [4.69, 9.17) is 4.52 Å². The average Bonchev–Trinajstić information content (AvgIpc) is 2.96. The molecular weight excluding hydrogens is 236 g/mol. The number of hydrogen-bond donors (Lipinski definition) is 1. The van der Waals surface area contributed by atoms with E-state index in [9.17, 15) is 4.79 Å². The standard InChI is InChI=1S/C12H14N2O2S/c15-12(6-10-3-5-17-9-10)13-4-1-2-11-7-14-16-8-11/h3,5,7-9H,1-2,4,6H2,(H,13,15). The molecule has 0 unspecified atom stereocenters. The van der Waals surface area contributed by atoms with E-state index in [1.807, 2.05) is 16.8 Å². The highest BCUT2D eigenvalue weighted by atomic mass is 32.1. The van der Waals surface area contributed by atoms with E-state index in [1.165, 1.54) is 0 Å². The van der Waals surface area contributed by atoms with Crippen molar-refractivity contribution < 1.29 is 9.32 Å². The number of nitrogens with zero attached hydrogens (tertiary/aromatic N) is 1. The Morgan fingerprint density at radius 2 is 2.41 bits per heavy atom. The Labute approximate surface area is 104 Å². The topological polar surface area (TPSA) is 55.1 Å². The number of carbonyl (C=O) groups is 1. The number of carbonyl (C=O) groups excluding carboxylic acids is 1. The fraction of sp³-hybridized carbons (Fsp3) is 0.333. The van der Waals surface area contributed by atoms with Crippen LogP contribution in [0.25, 0.3) is 0 Å². The summed E-state index contributed by atoms with van der Waals surface area (Å²) >= 11 is 1.61. The quantitative estimate of drug-likeness (QED) is 0.798. The van der Waals surface area contributed by atoms with Crippen LogP contribution in [0.3, 0.4) is 0 Å². The molecule has 2 aromatic heterocycles. The second kappa shape index (κ2) is 6.20. The van der Waals surface area contributed by atoms with Gasteiger partial charge in [0.1, 0.15) is 6.26 Å². The number of thiophene rings is 1. The second-order valence-corrected chi connectivity index (χ2v) is 4.57. The maximum Gasteiger partial charge on any atom is 0.224 e. The maximum absolute atomic E-state index is 11.5. The molecule has 0 aliphatic carbocycles. The number of aromatic nitrogens is 1. The molecule has 17 heavy (non-hydrogen) atoms. The van der Waals surface area contributed by atoms with E-state index in [0.717, 1.165) is 24.0 Å². The maximum atomic E-state index is 11.5. The van der Waals surface area contributed by atoms with Crippen LogP contribution in [0.2, 0.25) is 0 Å². The van der Waals surface area contributed by atoms with Crippen LogP contribution in [0.1, 0.15) is 17.5 Å². The molecule has 1 amide bonds. The molecule has 1 N–H and O–H groups in total. The van der Waals surface area contributed by atoms with Crippen molar-refractivity contribution in [2.45, 2.75) is 19.3 Å². The van der Waals surface area contributed by atoms with E-state index in [0.29, 0.717) is 13.0 Å². The van der Waals surface area contributed by atoms with Crippen molar-refractivity contribution in [2.24, 2.45) is 0 Å². The van der Waals surface area contributed by atoms with Crippen LogP contribution in [-0.4, -0.2) is 17.6 Å². The summed E-state index contributed by atoms with van der Waals surface area (Å²) in [6.45, 7) is 0.689. The molecule has 0 fully saturated rings. The van der Waals surface area contributed by atoms with Gasteiger partial charge in [0.25, 0.3) is 0 Å². The number of nitrogens with one attached hydrogen (secondary N) is 1. The summed E-state index contributed by atoms with van der Waals surface area (Å²) in [6, 6.07) is 1.97. The first kappa shape index (κ1) is 11.9. The highest BCUT2D eigenvalue weighted by Gasteiger charge is 2.03. The number of amides is 1. The van der Waals surface area contributed by atoms with E-state index in [1.54, 1.807) is 23.8 Å². The van der Waals surface area contributed by atoms with Gasteiger partial charge in [0.2, 0.25) is 5.91 Å². The lowest BCUT2D eigenvalue weighted by Gasteiger charge is -2.03. The second-order valence-electron chi connectivity index (χ2n) is 3.79. The molecule has 5 heteroatoms. The summed E-state index contributed by atoms with van der Waals surface area (Å²) in [4.78, 5) is 11.5. The van der Waals surface area contributed by atoms with Crippen LogP contribution in [0.4, 0.5) is 0 Å². The van der Waals surface area contributed by atoms with Gasteiger partial charge in [-0.15, -0.1) is 0 Å². The smallest absolute Gasteiger partial charge is 0.224 e. The van der Waals surface area contributed by atoms with Crippen LogP contribution < -0.4 is 5.32 Å². The minimum atomic E-state index is 0.0775. The van der Waals surface area contributed by atoms with Crippen molar-refractivity contribution in [3.8, 4) is 0 Å². The predicted octanol–water partition coefficient (Wildman–Crippen LogP) is 2.03. The van der Waals surface area contributed by atoms with Crippen LogP contribution in [-0.2, 0) is 17.6 Å². The molecule has 0 spiro atoms. The zero-order chi connectivity index (χ0) is 11.9. The van der Waals surface area contributed by atoms with Gasteiger partial charge in [0.05, 0.1) is 12.6 Å². The fourth-order valence-electron chi connectivity index (χ4n) is 1.51. The first-order valence-corrected chi connectivity index (χ1v) is 6.45. The van der Waals surface area contributed by atoms with E-state index in [2.05, 4.69) is 10.5 Å². The van der Waals surface area contributed by atoms with Gasteiger partial charge >= 0.3 is 0 Å². The van der Waals surface area contributed by atoms with Gasteiger partial charge in [-0.3, -0.25) is 4.79 Å². The summed E-state index contributed by atoms with van der Waals surface area (Å²) in [5.41, 5.74) is 2.14. The predicted molar refractivity (Wildman–Crippen MR) is 65.9 cm³/mol. The molecule has 0 atom stereocenters. The molecule has 0 saturated carbocycles. The Morgan fingerprint density at radius 3 is 3.12 bits per heavy atom. The van der Waals surface area contributed by atoms with Crippen LogP contribution >= 0.6 is 11.3 Å². The molecule has 2 aromatic rings. The normalized spacial score (nSPS) is 10.4. The third kappa shape index (κ3) is 4.03. The number of aryl methyl sites for hydroxylation is 1. The SMILES string of the molecule is O=C(Cc1ccsc1)NCCCc1cnoc1. The first-order chi connectivity index (χ1) is 8.34. The van der Waals surface area contributed by atoms with Gasteiger partial charge in [-0.1, -0.05) is 5.16 Å². The Balaban J connectivity index is 1.60. The van der Waals surface area contributed by atoms with Gasteiger partial charge < -0.3 is 9.84 Å². The molecule has 0 saturated heterocycles. The number of hydrogen-bond acceptors (Lipinski definition) is 4. The summed E-state index contributed by atoms with van der Waals surface area (Å²) in [7, 11) is 0. The van der Waals surface area contributed by atoms with Crippen molar-refractivity contribution >= 4 is 17.2 Å².